The second-order valence-corrected chi connectivity index (χ2v) is 14.8. The molecule has 9 aromatic carbocycles. The van der Waals surface area contributed by atoms with Crippen LogP contribution in [0.25, 0.3) is 75.5 Å². The lowest BCUT2D eigenvalue weighted by Crippen LogP contribution is -2.10. The number of hydrogen-bond acceptors (Lipinski definition) is 2. The molecule has 2 heteroatoms. The highest BCUT2D eigenvalue weighted by atomic mass is 32.1. The molecule has 10 aromatic rings. The average molecular weight is 706 g/mol. The van der Waals surface area contributed by atoms with Gasteiger partial charge in [0.25, 0.3) is 0 Å². The van der Waals surface area contributed by atoms with Crippen molar-refractivity contribution >= 4 is 59.3 Å². The predicted molar refractivity (Wildman–Crippen MR) is 233 cm³/mol. The molecule has 0 saturated heterocycles. The zero-order valence-electron chi connectivity index (χ0n) is 29.6. The van der Waals surface area contributed by atoms with Gasteiger partial charge in [-0.2, -0.15) is 0 Å². The summed E-state index contributed by atoms with van der Waals surface area (Å²) in [4.78, 5) is 2.46. The van der Waals surface area contributed by atoms with Crippen molar-refractivity contribution in [2.24, 2.45) is 0 Å². The fraction of sp³-hybridized carbons (Fsp3) is 0. The summed E-state index contributed by atoms with van der Waals surface area (Å²) in [5.74, 6) is 0. The van der Waals surface area contributed by atoms with Crippen molar-refractivity contribution in [2.75, 3.05) is 4.90 Å². The van der Waals surface area contributed by atoms with Crippen LogP contribution in [0.1, 0.15) is 0 Å². The Morgan fingerprint density at radius 3 is 1.69 bits per heavy atom. The number of hydrogen-bond donors (Lipinski definition) is 0. The standard InChI is InChI=1S/C52H35NS/c1-4-15-36(16-5-1)44-25-13-22-41-33-40(29-31-46(41)44)39-21-12-23-42(34-39)53(50-27-14-26-48-47-24-10-11-28-51(47)54-52(48)50)43-30-32-45(37-17-6-2-7-18-37)49(35-43)38-19-8-3-9-20-38/h1-35H. The first kappa shape index (κ1) is 32.0. The maximum absolute atomic E-state index is 2.46. The number of anilines is 3. The molecule has 0 N–H and O–H groups in total. The highest BCUT2D eigenvalue weighted by molar-refractivity contribution is 7.26. The van der Waals surface area contributed by atoms with Crippen LogP contribution in [0.5, 0.6) is 0 Å². The Labute approximate surface area is 319 Å². The van der Waals surface area contributed by atoms with E-state index in [2.05, 4.69) is 217 Å². The van der Waals surface area contributed by atoms with Crippen LogP contribution >= 0.6 is 11.3 Å². The number of rotatable bonds is 7. The SMILES string of the molecule is c1ccc(-c2ccc(N(c3cccc(-c4ccc5c(-c6ccccc6)cccc5c4)c3)c3cccc4c3sc3ccccc34)cc2-c2ccccc2)cc1. The van der Waals surface area contributed by atoms with Crippen LogP contribution < -0.4 is 4.90 Å². The summed E-state index contributed by atoms with van der Waals surface area (Å²) in [5, 5.41) is 5.06. The summed E-state index contributed by atoms with van der Waals surface area (Å²) in [7, 11) is 0. The van der Waals surface area contributed by atoms with E-state index in [9.17, 15) is 0 Å². The molecule has 1 aromatic heterocycles. The number of fused-ring (bicyclic) bond motifs is 4. The molecule has 0 saturated carbocycles. The fourth-order valence-corrected chi connectivity index (χ4v) is 9.10. The Bertz CT molecular complexity index is 2930. The Balaban J connectivity index is 1.17. The minimum absolute atomic E-state index is 1.11. The van der Waals surface area contributed by atoms with Gasteiger partial charge in [0.1, 0.15) is 0 Å². The third kappa shape index (κ3) is 5.74. The van der Waals surface area contributed by atoms with Crippen LogP contribution in [0.2, 0.25) is 0 Å². The van der Waals surface area contributed by atoms with Crippen molar-refractivity contribution in [1.82, 2.24) is 0 Å². The van der Waals surface area contributed by atoms with Crippen LogP contribution in [-0.2, 0) is 0 Å². The van der Waals surface area contributed by atoms with E-state index in [4.69, 9.17) is 0 Å². The lowest BCUT2D eigenvalue weighted by Gasteiger charge is -2.28. The zero-order valence-corrected chi connectivity index (χ0v) is 30.4. The average Bonchev–Trinajstić information content (AvgIpc) is 3.64. The Morgan fingerprint density at radius 1 is 0.315 bits per heavy atom. The molecule has 1 nitrogen and oxygen atoms in total. The van der Waals surface area contributed by atoms with Crippen molar-refractivity contribution in [3.63, 3.8) is 0 Å². The molecule has 254 valence electrons. The highest BCUT2D eigenvalue weighted by Crippen LogP contribution is 2.47. The summed E-state index contributed by atoms with van der Waals surface area (Å²) < 4.78 is 2.57. The van der Waals surface area contributed by atoms with Crippen molar-refractivity contribution in [3.05, 3.63) is 212 Å². The molecule has 0 aliphatic heterocycles. The second kappa shape index (κ2) is 13.7. The molecular weight excluding hydrogens is 671 g/mol. The summed E-state index contributed by atoms with van der Waals surface area (Å²) >= 11 is 1.87. The molecule has 54 heavy (non-hydrogen) atoms. The third-order valence-electron chi connectivity index (χ3n) is 10.5. The van der Waals surface area contributed by atoms with Crippen LogP contribution in [0.3, 0.4) is 0 Å². The number of benzene rings is 9. The molecule has 0 spiro atoms. The first-order valence-corrected chi connectivity index (χ1v) is 19.2. The zero-order chi connectivity index (χ0) is 35.8. The van der Waals surface area contributed by atoms with Gasteiger partial charge in [0.05, 0.1) is 10.4 Å². The largest absolute Gasteiger partial charge is 0.309 e. The lowest BCUT2D eigenvalue weighted by molar-refractivity contribution is 1.30. The summed E-state index contributed by atoms with van der Waals surface area (Å²) in [6, 6.07) is 77.1. The van der Waals surface area contributed by atoms with E-state index < -0.39 is 0 Å². The van der Waals surface area contributed by atoms with E-state index in [-0.39, 0.29) is 0 Å². The summed E-state index contributed by atoms with van der Waals surface area (Å²) in [6.07, 6.45) is 0. The molecule has 0 bridgehead atoms. The van der Waals surface area contributed by atoms with E-state index in [1.807, 2.05) is 11.3 Å². The van der Waals surface area contributed by atoms with Gasteiger partial charge in [0, 0.05) is 26.8 Å². The molecule has 0 amide bonds. The van der Waals surface area contributed by atoms with E-state index in [1.54, 1.807) is 0 Å². The number of thiophene rings is 1. The van der Waals surface area contributed by atoms with Crippen molar-refractivity contribution in [3.8, 4) is 44.5 Å². The molecule has 0 aliphatic rings. The maximum Gasteiger partial charge on any atom is 0.0640 e. The minimum atomic E-state index is 1.11. The Hall–Kier alpha value is -6.74. The van der Waals surface area contributed by atoms with Gasteiger partial charge in [-0.1, -0.05) is 170 Å². The van der Waals surface area contributed by atoms with Crippen LogP contribution in [0.15, 0.2) is 212 Å². The fourth-order valence-electron chi connectivity index (χ4n) is 7.89. The van der Waals surface area contributed by atoms with E-state index >= 15 is 0 Å². The molecule has 10 rings (SSSR count). The second-order valence-electron chi connectivity index (χ2n) is 13.7. The van der Waals surface area contributed by atoms with Crippen molar-refractivity contribution < 1.29 is 0 Å². The Morgan fingerprint density at radius 2 is 0.907 bits per heavy atom. The maximum atomic E-state index is 2.46. The smallest absolute Gasteiger partial charge is 0.0640 e. The molecule has 0 fully saturated rings. The monoisotopic (exact) mass is 705 g/mol. The lowest BCUT2D eigenvalue weighted by atomic mass is 9.93. The normalized spacial score (nSPS) is 11.3. The third-order valence-corrected chi connectivity index (χ3v) is 11.7. The molecule has 0 radical (unpaired) electrons. The van der Waals surface area contributed by atoms with Gasteiger partial charge in [-0.15, -0.1) is 11.3 Å². The van der Waals surface area contributed by atoms with Gasteiger partial charge in [-0.05, 0) is 97.7 Å². The molecule has 0 unspecified atom stereocenters. The Kier molecular flexibility index (Phi) is 8.09. The van der Waals surface area contributed by atoms with Gasteiger partial charge in [-0.25, -0.2) is 0 Å². The first-order valence-electron chi connectivity index (χ1n) is 18.4. The van der Waals surface area contributed by atoms with Gasteiger partial charge in [0.15, 0.2) is 0 Å². The van der Waals surface area contributed by atoms with Gasteiger partial charge in [0.2, 0.25) is 0 Å². The molecule has 0 atom stereocenters. The molecular formula is C52H35NS. The quantitative estimate of drug-likeness (QED) is 0.160. The van der Waals surface area contributed by atoms with Crippen molar-refractivity contribution in [1.29, 1.82) is 0 Å². The summed E-state index contributed by atoms with van der Waals surface area (Å²) in [6.45, 7) is 0. The predicted octanol–water partition coefficient (Wildman–Crippen LogP) is 15.3. The topological polar surface area (TPSA) is 3.24 Å². The van der Waals surface area contributed by atoms with E-state index in [0.29, 0.717) is 0 Å². The van der Waals surface area contributed by atoms with Crippen LogP contribution in [-0.4, -0.2) is 0 Å². The summed E-state index contributed by atoms with van der Waals surface area (Å²) in [5.41, 5.74) is 13.1. The van der Waals surface area contributed by atoms with Crippen molar-refractivity contribution in [2.45, 2.75) is 0 Å². The number of nitrogens with zero attached hydrogens (tertiary/aromatic N) is 1. The van der Waals surface area contributed by atoms with Gasteiger partial charge in [-0.3, -0.25) is 0 Å². The molecule has 0 aliphatic carbocycles. The van der Waals surface area contributed by atoms with Gasteiger partial charge >= 0.3 is 0 Å². The minimum Gasteiger partial charge on any atom is -0.309 e. The first-order chi connectivity index (χ1) is 26.8. The molecule has 1 heterocycles. The van der Waals surface area contributed by atoms with Gasteiger partial charge < -0.3 is 4.90 Å². The van der Waals surface area contributed by atoms with Crippen LogP contribution in [0.4, 0.5) is 17.1 Å². The van der Waals surface area contributed by atoms with E-state index in [0.717, 1.165) is 11.4 Å². The van der Waals surface area contributed by atoms with Crippen LogP contribution in [0, 0.1) is 0 Å². The van der Waals surface area contributed by atoms with E-state index in [1.165, 1.54) is 81.1 Å². The highest BCUT2D eigenvalue weighted by Gasteiger charge is 2.20.